The van der Waals surface area contributed by atoms with Gasteiger partial charge in [0.1, 0.15) is 17.2 Å². The molecule has 21 heavy (non-hydrogen) atoms. The van der Waals surface area contributed by atoms with Crippen molar-refractivity contribution in [1.29, 1.82) is 0 Å². The smallest absolute Gasteiger partial charge is 0.254 e. The average Bonchev–Trinajstić information content (AvgIpc) is 2.97. The van der Waals surface area contributed by atoms with Gasteiger partial charge in [0.05, 0.1) is 6.20 Å². The van der Waals surface area contributed by atoms with Gasteiger partial charge in [-0.15, -0.1) is 0 Å². The first-order valence-corrected chi connectivity index (χ1v) is 6.88. The molecule has 3 heterocycles. The molecule has 0 aliphatic carbocycles. The van der Waals surface area contributed by atoms with Gasteiger partial charge in [0, 0.05) is 19.4 Å². The minimum atomic E-state index is -0.537. The Hall–Kier alpha value is -2.41. The molecule has 0 unspecified atom stereocenters. The van der Waals surface area contributed by atoms with Gasteiger partial charge in [-0.3, -0.25) is 9.89 Å². The third-order valence-electron chi connectivity index (χ3n) is 3.64. The molecular formula is C14H17N5O2. The van der Waals surface area contributed by atoms with Gasteiger partial charge in [-0.2, -0.15) is 5.10 Å². The van der Waals surface area contributed by atoms with Crippen LogP contribution in [-0.2, 0) is 4.74 Å². The van der Waals surface area contributed by atoms with Crippen LogP contribution < -0.4 is 11.1 Å². The lowest BCUT2D eigenvalue weighted by Crippen LogP contribution is -2.14. The lowest BCUT2D eigenvalue weighted by Gasteiger charge is -2.22. The summed E-state index contributed by atoms with van der Waals surface area (Å²) in [5, 5.41) is 9.50. The van der Waals surface area contributed by atoms with E-state index in [-0.39, 0.29) is 0 Å². The van der Waals surface area contributed by atoms with Crippen molar-refractivity contribution in [3.63, 3.8) is 0 Å². The highest BCUT2D eigenvalue weighted by Gasteiger charge is 2.16. The second-order valence-electron chi connectivity index (χ2n) is 5.01. The molecule has 7 heteroatoms. The molecule has 0 aromatic carbocycles. The average molecular weight is 287 g/mol. The topological polar surface area (TPSA) is 106 Å². The van der Waals surface area contributed by atoms with E-state index in [1.165, 1.54) is 11.8 Å². The molecule has 4 N–H and O–H groups in total. The number of rotatable bonds is 4. The Bertz CT molecular complexity index is 617. The van der Waals surface area contributed by atoms with Crippen LogP contribution in [0.4, 0.5) is 11.6 Å². The number of pyridine rings is 1. The molecule has 0 saturated carbocycles. The highest BCUT2D eigenvalue weighted by Crippen LogP contribution is 2.27. The molecule has 7 nitrogen and oxygen atoms in total. The summed E-state index contributed by atoms with van der Waals surface area (Å²) < 4.78 is 5.36. The number of aromatic nitrogens is 3. The molecule has 2 aromatic heterocycles. The molecule has 1 amide bonds. The lowest BCUT2D eigenvalue weighted by atomic mass is 9.93. The van der Waals surface area contributed by atoms with Crippen molar-refractivity contribution < 1.29 is 9.53 Å². The maximum atomic E-state index is 11.2. The van der Waals surface area contributed by atoms with Crippen LogP contribution in [0.1, 0.15) is 34.7 Å². The van der Waals surface area contributed by atoms with Crippen LogP contribution in [0.25, 0.3) is 0 Å². The number of ether oxygens (including phenoxy) is 1. The number of primary amides is 1. The summed E-state index contributed by atoms with van der Waals surface area (Å²) in [6.45, 7) is 1.61. The number of hydrogen-bond acceptors (Lipinski definition) is 5. The summed E-state index contributed by atoms with van der Waals surface area (Å²) in [6.07, 6.45) is 5.31. The fourth-order valence-electron chi connectivity index (χ4n) is 2.45. The Morgan fingerprint density at radius 1 is 1.33 bits per heavy atom. The third kappa shape index (κ3) is 3.03. The molecule has 2 aromatic rings. The lowest BCUT2D eigenvalue weighted by molar-refractivity contribution is 0.0853. The number of nitrogens with zero attached hydrogens (tertiary/aromatic N) is 2. The van der Waals surface area contributed by atoms with E-state index in [0.717, 1.165) is 26.1 Å². The molecule has 0 radical (unpaired) electrons. The molecule has 1 aliphatic heterocycles. The minimum Gasteiger partial charge on any atom is -0.381 e. The van der Waals surface area contributed by atoms with Gasteiger partial charge in [0.15, 0.2) is 0 Å². The molecule has 0 atom stereocenters. The molecule has 0 spiro atoms. The SMILES string of the molecule is NC(=O)c1cn[nH]c1Nc1ccc(C2CCOCC2)cn1. The van der Waals surface area contributed by atoms with Crippen molar-refractivity contribution in [2.45, 2.75) is 18.8 Å². The maximum absolute atomic E-state index is 11.2. The van der Waals surface area contributed by atoms with Crippen LogP contribution in [0.5, 0.6) is 0 Å². The first-order chi connectivity index (χ1) is 10.2. The van der Waals surface area contributed by atoms with E-state index in [1.807, 2.05) is 18.3 Å². The van der Waals surface area contributed by atoms with E-state index in [4.69, 9.17) is 10.5 Å². The standard InChI is InChI=1S/C14H17N5O2/c15-13(20)11-8-17-19-14(11)18-12-2-1-10(7-16-12)9-3-5-21-6-4-9/h1-2,7-9H,3-6H2,(H2,15,20)(H2,16,17,18,19). The van der Waals surface area contributed by atoms with E-state index >= 15 is 0 Å². The summed E-state index contributed by atoms with van der Waals surface area (Å²) >= 11 is 0. The number of carbonyl (C=O) groups is 1. The first kappa shape index (κ1) is 13.6. The number of H-pyrrole nitrogens is 1. The predicted octanol–water partition coefficient (Wildman–Crippen LogP) is 1.54. The number of hydrogen-bond donors (Lipinski definition) is 3. The second kappa shape index (κ2) is 5.92. The number of aromatic amines is 1. The van der Waals surface area contributed by atoms with Gasteiger partial charge < -0.3 is 15.8 Å². The van der Waals surface area contributed by atoms with Crippen LogP contribution in [0, 0.1) is 0 Å². The second-order valence-corrected chi connectivity index (χ2v) is 5.01. The summed E-state index contributed by atoms with van der Waals surface area (Å²) in [4.78, 5) is 15.6. The summed E-state index contributed by atoms with van der Waals surface area (Å²) in [5.41, 5.74) is 6.79. The molecule has 1 saturated heterocycles. The first-order valence-electron chi connectivity index (χ1n) is 6.88. The molecule has 0 bridgehead atoms. The quantitative estimate of drug-likeness (QED) is 0.791. The Labute approximate surface area is 121 Å². The summed E-state index contributed by atoms with van der Waals surface area (Å²) in [5.74, 6) is 1.06. The van der Waals surface area contributed by atoms with Gasteiger partial charge >= 0.3 is 0 Å². The number of nitrogens with one attached hydrogen (secondary N) is 2. The Morgan fingerprint density at radius 2 is 2.14 bits per heavy atom. The van der Waals surface area contributed by atoms with Gasteiger partial charge in [-0.05, 0) is 30.4 Å². The monoisotopic (exact) mass is 287 g/mol. The van der Waals surface area contributed by atoms with E-state index in [1.54, 1.807) is 0 Å². The maximum Gasteiger partial charge on any atom is 0.254 e. The highest BCUT2D eigenvalue weighted by atomic mass is 16.5. The third-order valence-corrected chi connectivity index (χ3v) is 3.64. The Morgan fingerprint density at radius 3 is 2.81 bits per heavy atom. The number of amides is 1. The van der Waals surface area contributed by atoms with Crippen molar-refractivity contribution in [1.82, 2.24) is 15.2 Å². The van der Waals surface area contributed by atoms with Crippen LogP contribution in [-0.4, -0.2) is 34.3 Å². The zero-order chi connectivity index (χ0) is 14.7. The normalized spacial score (nSPS) is 15.8. The van der Waals surface area contributed by atoms with Crippen LogP contribution in [0.2, 0.25) is 0 Å². The van der Waals surface area contributed by atoms with Gasteiger partial charge in [0.2, 0.25) is 0 Å². The van der Waals surface area contributed by atoms with E-state index in [0.29, 0.717) is 23.1 Å². The van der Waals surface area contributed by atoms with Crippen LogP contribution in [0.15, 0.2) is 24.5 Å². The van der Waals surface area contributed by atoms with Gasteiger partial charge in [0.25, 0.3) is 5.91 Å². The molecule has 1 fully saturated rings. The van der Waals surface area contributed by atoms with Gasteiger partial charge in [-0.25, -0.2) is 4.98 Å². The van der Waals surface area contributed by atoms with Crippen LogP contribution >= 0.6 is 0 Å². The molecule has 110 valence electrons. The van der Waals surface area contributed by atoms with E-state index < -0.39 is 5.91 Å². The molecule has 3 rings (SSSR count). The van der Waals surface area contributed by atoms with Crippen molar-refractivity contribution in [3.05, 3.63) is 35.7 Å². The van der Waals surface area contributed by atoms with E-state index in [9.17, 15) is 4.79 Å². The van der Waals surface area contributed by atoms with Crippen molar-refractivity contribution in [2.75, 3.05) is 18.5 Å². The minimum absolute atomic E-state index is 0.310. The number of carbonyl (C=O) groups excluding carboxylic acids is 1. The summed E-state index contributed by atoms with van der Waals surface area (Å²) in [7, 11) is 0. The fraction of sp³-hybridized carbons (Fsp3) is 0.357. The zero-order valence-electron chi connectivity index (χ0n) is 11.5. The zero-order valence-corrected chi connectivity index (χ0v) is 11.5. The molecule has 1 aliphatic rings. The van der Waals surface area contributed by atoms with Crippen LogP contribution in [0.3, 0.4) is 0 Å². The largest absolute Gasteiger partial charge is 0.381 e. The van der Waals surface area contributed by atoms with E-state index in [2.05, 4.69) is 20.5 Å². The predicted molar refractivity (Wildman–Crippen MR) is 77.4 cm³/mol. The number of anilines is 2. The number of nitrogens with two attached hydrogens (primary N) is 1. The highest BCUT2D eigenvalue weighted by molar-refractivity contribution is 5.97. The fourth-order valence-corrected chi connectivity index (χ4v) is 2.45. The summed E-state index contributed by atoms with van der Waals surface area (Å²) in [6, 6.07) is 3.93. The molecular weight excluding hydrogens is 270 g/mol. The Balaban J connectivity index is 1.72. The van der Waals surface area contributed by atoms with Crippen molar-refractivity contribution in [3.8, 4) is 0 Å². The van der Waals surface area contributed by atoms with Crippen molar-refractivity contribution >= 4 is 17.5 Å². The Kier molecular flexibility index (Phi) is 3.83. The van der Waals surface area contributed by atoms with Gasteiger partial charge in [-0.1, -0.05) is 6.07 Å². The van der Waals surface area contributed by atoms with Crippen molar-refractivity contribution in [2.24, 2.45) is 5.73 Å².